The van der Waals surface area contributed by atoms with Crippen molar-refractivity contribution in [1.29, 1.82) is 0 Å². The number of carbonyl (C=O) groups is 1. The molecule has 138 valence electrons. The summed E-state index contributed by atoms with van der Waals surface area (Å²) < 4.78 is 21.6. The molecule has 26 heavy (non-hydrogen) atoms. The Balaban J connectivity index is 1.93. The molecule has 0 radical (unpaired) electrons. The first-order valence-corrected chi connectivity index (χ1v) is 8.47. The van der Waals surface area contributed by atoms with Gasteiger partial charge in [0, 0.05) is 12.1 Å². The second-order valence-corrected chi connectivity index (χ2v) is 5.87. The van der Waals surface area contributed by atoms with Crippen LogP contribution in [0.25, 0.3) is 0 Å². The zero-order valence-electron chi connectivity index (χ0n) is 15.4. The molecule has 2 aromatic rings. The number of β-lactam (4-membered cyclic amide) rings is 1. The van der Waals surface area contributed by atoms with Crippen molar-refractivity contribution < 1.29 is 23.7 Å². The molecule has 0 saturated carbocycles. The van der Waals surface area contributed by atoms with E-state index in [9.17, 15) is 4.79 Å². The molecule has 0 N–H and O–H groups in total. The van der Waals surface area contributed by atoms with Crippen LogP contribution in [0.15, 0.2) is 36.4 Å². The van der Waals surface area contributed by atoms with Gasteiger partial charge < -0.3 is 23.8 Å². The maximum atomic E-state index is 12.3. The minimum absolute atomic E-state index is 0.0269. The Morgan fingerprint density at radius 3 is 2.08 bits per heavy atom. The third kappa shape index (κ3) is 3.14. The number of hydrogen-bond donors (Lipinski definition) is 0. The fourth-order valence-electron chi connectivity index (χ4n) is 3.17. The van der Waals surface area contributed by atoms with E-state index in [1.165, 1.54) is 0 Å². The Labute approximate surface area is 153 Å². The summed E-state index contributed by atoms with van der Waals surface area (Å²) in [5.41, 5.74) is 1.77. The molecular formula is C20H23NO5. The summed E-state index contributed by atoms with van der Waals surface area (Å²) in [7, 11) is 4.67. The molecule has 6 heteroatoms. The summed E-state index contributed by atoms with van der Waals surface area (Å²) in [6.45, 7) is 2.57. The van der Waals surface area contributed by atoms with Crippen molar-refractivity contribution in [2.75, 3.05) is 32.8 Å². The Hall–Kier alpha value is -2.89. The van der Waals surface area contributed by atoms with Crippen molar-refractivity contribution in [3.63, 3.8) is 0 Å². The van der Waals surface area contributed by atoms with Gasteiger partial charge >= 0.3 is 0 Å². The van der Waals surface area contributed by atoms with Crippen molar-refractivity contribution >= 4 is 11.6 Å². The summed E-state index contributed by atoms with van der Waals surface area (Å²) >= 11 is 0. The van der Waals surface area contributed by atoms with E-state index in [4.69, 9.17) is 18.9 Å². The maximum absolute atomic E-state index is 12.3. The average molecular weight is 357 g/mol. The van der Waals surface area contributed by atoms with Gasteiger partial charge in [-0.15, -0.1) is 0 Å². The fourth-order valence-corrected chi connectivity index (χ4v) is 3.17. The monoisotopic (exact) mass is 357 g/mol. The van der Waals surface area contributed by atoms with Crippen LogP contribution < -0.4 is 23.8 Å². The van der Waals surface area contributed by atoms with Gasteiger partial charge in [0.15, 0.2) is 11.5 Å². The van der Waals surface area contributed by atoms with E-state index in [1.54, 1.807) is 38.4 Å². The Morgan fingerprint density at radius 1 is 1.00 bits per heavy atom. The van der Waals surface area contributed by atoms with Crippen molar-refractivity contribution in [3.05, 3.63) is 42.0 Å². The quantitative estimate of drug-likeness (QED) is 0.709. The van der Waals surface area contributed by atoms with E-state index in [0.717, 1.165) is 17.0 Å². The minimum atomic E-state index is -0.0269. The molecule has 1 heterocycles. The molecule has 0 bridgehead atoms. The third-order valence-electron chi connectivity index (χ3n) is 4.45. The number of ether oxygens (including phenoxy) is 4. The lowest BCUT2D eigenvalue weighted by Crippen LogP contribution is -2.46. The van der Waals surface area contributed by atoms with E-state index < -0.39 is 0 Å². The molecule has 1 atom stereocenters. The Kier molecular flexibility index (Phi) is 5.21. The van der Waals surface area contributed by atoms with Crippen molar-refractivity contribution in [2.24, 2.45) is 0 Å². The van der Waals surface area contributed by atoms with Crippen LogP contribution in [-0.4, -0.2) is 33.8 Å². The first-order valence-electron chi connectivity index (χ1n) is 8.47. The highest BCUT2D eigenvalue weighted by atomic mass is 16.5. The average Bonchev–Trinajstić information content (AvgIpc) is 2.66. The molecule has 1 fully saturated rings. The highest BCUT2D eigenvalue weighted by Crippen LogP contribution is 2.46. The molecular weight excluding hydrogens is 334 g/mol. The molecule has 1 aliphatic rings. The summed E-state index contributed by atoms with van der Waals surface area (Å²) in [5.74, 6) is 2.42. The lowest BCUT2D eigenvalue weighted by atomic mass is 9.93. The second-order valence-electron chi connectivity index (χ2n) is 5.87. The van der Waals surface area contributed by atoms with Crippen LogP contribution in [0.5, 0.6) is 23.0 Å². The van der Waals surface area contributed by atoms with Crippen LogP contribution in [0.1, 0.15) is 24.9 Å². The van der Waals surface area contributed by atoms with Crippen LogP contribution in [0.2, 0.25) is 0 Å². The van der Waals surface area contributed by atoms with Gasteiger partial charge in [0.05, 0.1) is 46.1 Å². The smallest absolute Gasteiger partial charge is 0.230 e. The number of amides is 1. The van der Waals surface area contributed by atoms with Crippen molar-refractivity contribution in [2.45, 2.75) is 19.4 Å². The predicted molar refractivity (Wildman–Crippen MR) is 98.6 cm³/mol. The van der Waals surface area contributed by atoms with Gasteiger partial charge in [-0.05, 0) is 24.6 Å². The number of nitrogens with zero attached hydrogens (tertiary/aromatic N) is 1. The molecule has 0 aromatic heterocycles. The molecule has 3 rings (SSSR count). The number of benzene rings is 2. The number of methoxy groups -OCH3 is 3. The fraction of sp³-hybridized carbons (Fsp3) is 0.350. The molecule has 1 unspecified atom stereocenters. The van der Waals surface area contributed by atoms with Gasteiger partial charge in [0.1, 0.15) is 5.75 Å². The summed E-state index contributed by atoms with van der Waals surface area (Å²) in [5, 5.41) is 0. The summed E-state index contributed by atoms with van der Waals surface area (Å²) in [6.07, 6.45) is 0.463. The zero-order valence-corrected chi connectivity index (χ0v) is 15.4. The molecule has 1 amide bonds. The Bertz CT molecular complexity index is 762. The van der Waals surface area contributed by atoms with E-state index in [2.05, 4.69) is 0 Å². The molecule has 6 nitrogen and oxygen atoms in total. The van der Waals surface area contributed by atoms with Crippen LogP contribution in [0.4, 0.5) is 5.69 Å². The molecule has 0 spiro atoms. The standard InChI is InChI=1S/C20H23NO5/c1-5-26-15-8-6-13(7-9-15)16-12-19(22)21(16)14-10-17(23-2)20(25-4)18(11-14)24-3/h6-11,16H,5,12H2,1-4H3. The SMILES string of the molecule is CCOc1ccc(C2CC(=O)N2c2cc(OC)c(OC)c(OC)c2)cc1. The third-order valence-corrected chi connectivity index (χ3v) is 4.45. The highest BCUT2D eigenvalue weighted by Gasteiger charge is 2.39. The van der Waals surface area contributed by atoms with E-state index in [1.807, 2.05) is 31.2 Å². The summed E-state index contributed by atoms with van der Waals surface area (Å²) in [6, 6.07) is 11.4. The molecule has 1 saturated heterocycles. The van der Waals surface area contributed by atoms with Crippen molar-refractivity contribution in [3.8, 4) is 23.0 Å². The molecule has 2 aromatic carbocycles. The number of rotatable bonds is 7. The maximum Gasteiger partial charge on any atom is 0.230 e. The van der Waals surface area contributed by atoms with Crippen LogP contribution in [-0.2, 0) is 4.79 Å². The molecule has 1 aliphatic heterocycles. The van der Waals surface area contributed by atoms with Gasteiger partial charge in [-0.2, -0.15) is 0 Å². The van der Waals surface area contributed by atoms with Gasteiger partial charge in [0.25, 0.3) is 0 Å². The van der Waals surface area contributed by atoms with Gasteiger partial charge in [0.2, 0.25) is 11.7 Å². The Morgan fingerprint density at radius 2 is 1.62 bits per heavy atom. The summed E-state index contributed by atoms with van der Waals surface area (Å²) in [4.78, 5) is 14.1. The van der Waals surface area contributed by atoms with Gasteiger partial charge in [-0.25, -0.2) is 0 Å². The minimum Gasteiger partial charge on any atom is -0.494 e. The predicted octanol–water partition coefficient (Wildman–Crippen LogP) is 3.59. The van der Waals surface area contributed by atoms with Crippen LogP contribution >= 0.6 is 0 Å². The lowest BCUT2D eigenvalue weighted by molar-refractivity contribution is -0.124. The molecule has 0 aliphatic carbocycles. The number of hydrogen-bond acceptors (Lipinski definition) is 5. The first-order chi connectivity index (χ1) is 12.6. The van der Waals surface area contributed by atoms with E-state index >= 15 is 0 Å². The number of carbonyl (C=O) groups excluding carboxylic acids is 1. The number of anilines is 1. The topological polar surface area (TPSA) is 57.2 Å². The highest BCUT2D eigenvalue weighted by molar-refractivity contribution is 6.01. The first kappa shape index (κ1) is 17.9. The normalized spacial score (nSPS) is 16.1. The van der Waals surface area contributed by atoms with Crippen LogP contribution in [0.3, 0.4) is 0 Å². The van der Waals surface area contributed by atoms with Crippen molar-refractivity contribution in [1.82, 2.24) is 0 Å². The zero-order chi connectivity index (χ0) is 18.7. The van der Waals surface area contributed by atoms with Crippen LogP contribution in [0, 0.1) is 0 Å². The van der Waals surface area contributed by atoms with E-state index in [-0.39, 0.29) is 11.9 Å². The van der Waals surface area contributed by atoms with Gasteiger partial charge in [-0.3, -0.25) is 4.79 Å². The van der Waals surface area contributed by atoms with E-state index in [0.29, 0.717) is 30.3 Å². The lowest BCUT2D eigenvalue weighted by Gasteiger charge is -2.41. The van der Waals surface area contributed by atoms with Gasteiger partial charge in [-0.1, -0.05) is 12.1 Å². The second kappa shape index (κ2) is 7.56. The largest absolute Gasteiger partial charge is 0.494 e.